The van der Waals surface area contributed by atoms with E-state index in [1.165, 1.54) is 43.5 Å². The number of hydrogen-bond acceptors (Lipinski definition) is 11. The lowest BCUT2D eigenvalue weighted by atomic mass is 10.1. The number of nitrogens with zero attached hydrogens (tertiary/aromatic N) is 1. The second kappa shape index (κ2) is 13.1. The Balaban J connectivity index is 1.18. The minimum Gasteiger partial charge on any atom is -0.507 e. The van der Waals surface area contributed by atoms with Gasteiger partial charge in [-0.05, 0) is 43.7 Å². The van der Waals surface area contributed by atoms with Crippen molar-refractivity contribution in [3.8, 4) is 34.5 Å². The van der Waals surface area contributed by atoms with Gasteiger partial charge in [0.25, 0.3) is 5.91 Å². The highest BCUT2D eigenvalue weighted by molar-refractivity contribution is 6.35. The van der Waals surface area contributed by atoms with Gasteiger partial charge in [0.2, 0.25) is 12.5 Å². The fraction of sp³-hybridized carbons (Fsp3) is 0.267. The van der Waals surface area contributed by atoms with Crippen LogP contribution in [0.15, 0.2) is 53.2 Å². The molecule has 1 aliphatic carbocycles. The minimum atomic E-state index is -1.23. The number of aliphatic hydroxyl groups excluding tert-OH is 2. The molecule has 1 heterocycles. The van der Waals surface area contributed by atoms with Crippen molar-refractivity contribution in [2.45, 2.75) is 38.3 Å². The molecular formula is C30H28Cl2N2O10. The molecule has 1 saturated carbocycles. The normalized spacial score (nSPS) is 21.1. The number of oxime groups is 1. The minimum absolute atomic E-state index is 0.000627. The van der Waals surface area contributed by atoms with Crippen LogP contribution in [-0.2, 0) is 16.2 Å². The van der Waals surface area contributed by atoms with E-state index in [9.17, 15) is 30.3 Å². The van der Waals surface area contributed by atoms with E-state index in [0.717, 1.165) is 0 Å². The zero-order valence-electron chi connectivity index (χ0n) is 23.1. The van der Waals surface area contributed by atoms with Gasteiger partial charge < -0.3 is 49.9 Å². The van der Waals surface area contributed by atoms with E-state index in [0.29, 0.717) is 15.6 Å². The number of ether oxygens (including phenoxy) is 3. The summed E-state index contributed by atoms with van der Waals surface area (Å²) < 4.78 is 16.1. The summed E-state index contributed by atoms with van der Waals surface area (Å²) in [6, 6.07) is 10.5. The summed E-state index contributed by atoms with van der Waals surface area (Å²) in [6.45, 7) is 1.43. The van der Waals surface area contributed by atoms with Crippen LogP contribution < -0.4 is 19.5 Å². The molecule has 0 saturated heterocycles. The van der Waals surface area contributed by atoms with Crippen LogP contribution in [0.4, 0.5) is 5.69 Å². The standard InChI is InChI=1S/C30H28Cl2N2O10/c1-14(30(40)34-25-22(36)10-24-29(28(25)39)42-13-41-24)6-15-3-5-19(9-21(15)35)44-23-7-17(26(37)27(23)38)11-33-43-12-16-2-4-18(31)8-20(16)32/h2-6,8-11,17,23,26-27,35-39H,7,12-13H2,1H3,(H,34,40)/b14-6+,33-11+/t17-,23-,26-,27-/m1/s1. The van der Waals surface area contributed by atoms with Crippen molar-refractivity contribution in [2.75, 3.05) is 12.1 Å². The van der Waals surface area contributed by atoms with Gasteiger partial charge in [-0.15, -0.1) is 0 Å². The van der Waals surface area contributed by atoms with Gasteiger partial charge in [0.15, 0.2) is 11.5 Å². The number of fused-ring (bicyclic) bond motifs is 1. The lowest BCUT2D eigenvalue weighted by molar-refractivity contribution is -0.112. The molecule has 0 spiro atoms. The monoisotopic (exact) mass is 646 g/mol. The molecule has 3 aromatic rings. The fourth-order valence-electron chi connectivity index (χ4n) is 4.69. The van der Waals surface area contributed by atoms with Gasteiger partial charge in [-0.2, -0.15) is 0 Å². The maximum Gasteiger partial charge on any atom is 0.251 e. The Hall–Kier alpha value is -4.36. The Morgan fingerprint density at radius 3 is 2.61 bits per heavy atom. The molecule has 44 heavy (non-hydrogen) atoms. The van der Waals surface area contributed by atoms with Crippen LogP contribution in [0.2, 0.25) is 10.0 Å². The van der Waals surface area contributed by atoms with Gasteiger partial charge in [-0.1, -0.05) is 34.4 Å². The molecule has 0 radical (unpaired) electrons. The van der Waals surface area contributed by atoms with E-state index in [-0.39, 0.29) is 59.6 Å². The van der Waals surface area contributed by atoms with Crippen LogP contribution in [-0.4, -0.2) is 62.8 Å². The van der Waals surface area contributed by atoms with Gasteiger partial charge >= 0.3 is 0 Å². The average Bonchev–Trinajstić information content (AvgIpc) is 3.55. The Labute approximate surface area is 261 Å². The van der Waals surface area contributed by atoms with Crippen LogP contribution >= 0.6 is 23.2 Å². The topological polar surface area (TPSA) is 180 Å². The van der Waals surface area contributed by atoms with Crippen LogP contribution in [0.25, 0.3) is 6.08 Å². The summed E-state index contributed by atoms with van der Waals surface area (Å²) in [5.41, 5.74) is 0.846. The first kappa shape index (κ1) is 31.1. The first-order chi connectivity index (χ1) is 21.0. The van der Waals surface area contributed by atoms with Crippen molar-refractivity contribution >= 4 is 47.1 Å². The number of halogens is 2. The molecule has 1 aliphatic heterocycles. The number of phenols is 3. The molecule has 232 valence electrons. The third-order valence-electron chi connectivity index (χ3n) is 7.11. The molecule has 4 atom stereocenters. The molecule has 12 nitrogen and oxygen atoms in total. The Bertz CT molecular complexity index is 1630. The maximum absolute atomic E-state index is 12.8. The van der Waals surface area contributed by atoms with E-state index in [1.54, 1.807) is 18.2 Å². The molecule has 0 bridgehead atoms. The summed E-state index contributed by atoms with van der Waals surface area (Å²) in [5.74, 6) is -1.97. The Morgan fingerprint density at radius 2 is 1.86 bits per heavy atom. The molecule has 1 fully saturated rings. The number of carbonyl (C=O) groups excluding carboxylic acids is 1. The number of amides is 1. The molecule has 0 unspecified atom stereocenters. The molecule has 0 aromatic heterocycles. The number of aliphatic hydroxyl groups is 2. The van der Waals surface area contributed by atoms with Crippen molar-refractivity contribution in [3.63, 3.8) is 0 Å². The average molecular weight is 647 g/mol. The summed E-state index contributed by atoms with van der Waals surface area (Å²) in [6.07, 6.45) is -0.182. The number of anilines is 1. The number of hydrogen-bond donors (Lipinski definition) is 6. The largest absolute Gasteiger partial charge is 0.507 e. The third-order valence-corrected chi connectivity index (χ3v) is 7.70. The molecule has 6 N–H and O–H groups in total. The van der Waals surface area contributed by atoms with Gasteiger partial charge in [-0.3, -0.25) is 4.79 Å². The van der Waals surface area contributed by atoms with Crippen LogP contribution in [0.5, 0.6) is 34.5 Å². The SMILES string of the molecule is C/C(=C\c1ccc(O[C@@H]2C[C@H](/C=N/OCc3ccc(Cl)cc3Cl)[C@@H](O)[C@@H]2O)cc1O)C(=O)Nc1c(O)cc2c(c1O)OCO2. The summed E-state index contributed by atoms with van der Waals surface area (Å²) in [7, 11) is 0. The zero-order chi connectivity index (χ0) is 31.5. The fourth-order valence-corrected chi connectivity index (χ4v) is 5.16. The molecule has 14 heteroatoms. The van der Waals surface area contributed by atoms with Gasteiger partial charge in [0.1, 0.15) is 41.8 Å². The van der Waals surface area contributed by atoms with Crippen molar-refractivity contribution in [1.82, 2.24) is 0 Å². The van der Waals surface area contributed by atoms with Crippen LogP contribution in [0.1, 0.15) is 24.5 Å². The summed E-state index contributed by atoms with van der Waals surface area (Å²) >= 11 is 12.0. The molecular weight excluding hydrogens is 619 g/mol. The van der Waals surface area contributed by atoms with Crippen LogP contribution in [0, 0.1) is 5.92 Å². The third kappa shape index (κ3) is 6.73. The van der Waals surface area contributed by atoms with E-state index in [2.05, 4.69) is 10.5 Å². The van der Waals surface area contributed by atoms with Crippen molar-refractivity contribution in [2.24, 2.45) is 11.1 Å². The zero-order valence-corrected chi connectivity index (χ0v) is 24.6. The number of carbonyl (C=O) groups is 1. The van der Waals surface area contributed by atoms with E-state index in [4.69, 9.17) is 42.3 Å². The molecule has 3 aromatic carbocycles. The Morgan fingerprint density at radius 1 is 1.07 bits per heavy atom. The number of phenolic OH excluding ortho intramolecular Hbond substituents is 3. The van der Waals surface area contributed by atoms with Crippen molar-refractivity contribution in [3.05, 3.63) is 69.2 Å². The quantitative estimate of drug-likeness (QED) is 0.0834. The van der Waals surface area contributed by atoms with Gasteiger partial charge in [0, 0.05) is 51.0 Å². The molecule has 2 aliphatic rings. The number of benzene rings is 3. The van der Waals surface area contributed by atoms with Crippen molar-refractivity contribution in [1.29, 1.82) is 0 Å². The summed E-state index contributed by atoms with van der Waals surface area (Å²) in [4.78, 5) is 18.0. The van der Waals surface area contributed by atoms with Gasteiger partial charge in [0.05, 0.1) is 6.10 Å². The second-order valence-corrected chi connectivity index (χ2v) is 11.0. The Kier molecular flexibility index (Phi) is 9.25. The van der Waals surface area contributed by atoms with E-state index >= 15 is 0 Å². The summed E-state index contributed by atoms with van der Waals surface area (Å²) in [5, 5.41) is 59.4. The highest BCUT2D eigenvalue weighted by Crippen LogP contribution is 2.49. The second-order valence-electron chi connectivity index (χ2n) is 10.2. The lowest BCUT2D eigenvalue weighted by Crippen LogP contribution is -2.34. The highest BCUT2D eigenvalue weighted by atomic mass is 35.5. The van der Waals surface area contributed by atoms with E-state index < -0.39 is 41.6 Å². The number of nitrogens with one attached hydrogen (secondary N) is 1. The van der Waals surface area contributed by atoms with Gasteiger partial charge in [-0.25, -0.2) is 0 Å². The highest BCUT2D eigenvalue weighted by Gasteiger charge is 2.42. The predicted octanol–water partition coefficient (Wildman–Crippen LogP) is 4.57. The molecule has 1 amide bonds. The van der Waals surface area contributed by atoms with Crippen molar-refractivity contribution < 1.29 is 49.4 Å². The first-order valence-corrected chi connectivity index (χ1v) is 14.1. The van der Waals surface area contributed by atoms with E-state index in [1.807, 2.05) is 0 Å². The van der Waals surface area contributed by atoms with Crippen LogP contribution in [0.3, 0.4) is 0 Å². The maximum atomic E-state index is 12.8. The smallest absolute Gasteiger partial charge is 0.251 e. The lowest BCUT2D eigenvalue weighted by Gasteiger charge is -2.18. The first-order valence-electron chi connectivity index (χ1n) is 13.3. The number of aromatic hydroxyl groups is 3. The number of rotatable bonds is 9. The molecule has 5 rings (SSSR count). The predicted molar refractivity (Wildman–Crippen MR) is 161 cm³/mol.